The molecule has 2 rings (SSSR count). The Balaban J connectivity index is 2.61. The van der Waals surface area contributed by atoms with Crippen molar-refractivity contribution in [3.8, 4) is 11.1 Å². The van der Waals surface area contributed by atoms with Crippen molar-refractivity contribution in [2.24, 2.45) is 0 Å². The lowest BCUT2D eigenvalue weighted by molar-refractivity contribution is -0.137. The maximum absolute atomic E-state index is 13.7. The van der Waals surface area contributed by atoms with E-state index in [0.29, 0.717) is 11.1 Å². The zero-order valence-corrected chi connectivity index (χ0v) is 10.7. The normalized spacial score (nSPS) is 11.7. The van der Waals surface area contributed by atoms with Gasteiger partial charge in [0.15, 0.2) is 0 Å². The fraction of sp³-hybridized carbons (Fsp3) is 0.0769. The second-order valence-corrected chi connectivity index (χ2v) is 4.66. The van der Waals surface area contributed by atoms with Gasteiger partial charge in [-0.15, -0.1) is 0 Å². The van der Waals surface area contributed by atoms with Crippen molar-refractivity contribution < 1.29 is 17.6 Å². The van der Waals surface area contributed by atoms with Gasteiger partial charge in [0.1, 0.15) is 5.82 Å². The predicted molar refractivity (Wildman–Crippen MR) is 66.9 cm³/mol. The number of rotatable bonds is 1. The highest BCUT2D eigenvalue weighted by molar-refractivity contribution is 6.36. The molecule has 0 saturated heterocycles. The Morgan fingerprint density at radius 2 is 1.53 bits per heavy atom. The van der Waals surface area contributed by atoms with E-state index in [1.165, 1.54) is 18.2 Å². The predicted octanol–water partition coefficient (Wildman–Crippen LogP) is 5.82. The van der Waals surface area contributed by atoms with Gasteiger partial charge in [0, 0.05) is 21.2 Å². The molecule has 0 nitrogen and oxygen atoms in total. The quantitative estimate of drug-likeness (QED) is 0.582. The summed E-state index contributed by atoms with van der Waals surface area (Å²) in [5, 5.41) is 0.409. The van der Waals surface area contributed by atoms with Crippen LogP contribution in [0.15, 0.2) is 36.4 Å². The van der Waals surface area contributed by atoms with E-state index in [0.717, 1.165) is 12.1 Å². The van der Waals surface area contributed by atoms with Crippen LogP contribution in [0, 0.1) is 5.82 Å². The van der Waals surface area contributed by atoms with Gasteiger partial charge in [-0.3, -0.25) is 0 Å². The van der Waals surface area contributed by atoms with Crippen LogP contribution in [-0.4, -0.2) is 0 Å². The summed E-state index contributed by atoms with van der Waals surface area (Å²) in [5.74, 6) is -0.780. The van der Waals surface area contributed by atoms with E-state index in [1.54, 1.807) is 0 Å². The molecule has 19 heavy (non-hydrogen) atoms. The number of alkyl halides is 3. The molecule has 0 aliphatic carbocycles. The topological polar surface area (TPSA) is 0 Å². The molecule has 2 aromatic rings. The van der Waals surface area contributed by atoms with Crippen molar-refractivity contribution in [3.05, 3.63) is 57.8 Å². The first kappa shape index (κ1) is 14.2. The van der Waals surface area contributed by atoms with Crippen molar-refractivity contribution in [1.29, 1.82) is 0 Å². The van der Waals surface area contributed by atoms with Crippen molar-refractivity contribution in [1.82, 2.24) is 0 Å². The SMILES string of the molecule is Fc1ccc(C(F)(F)F)cc1-c1ccc(Cl)cc1Cl. The fourth-order valence-electron chi connectivity index (χ4n) is 1.62. The molecule has 6 heteroatoms. The summed E-state index contributed by atoms with van der Waals surface area (Å²) in [6, 6.07) is 6.33. The third kappa shape index (κ3) is 3.01. The van der Waals surface area contributed by atoms with E-state index in [1.807, 2.05) is 0 Å². The molecule has 0 aliphatic heterocycles. The minimum absolute atomic E-state index is 0.0886. The summed E-state index contributed by atoms with van der Waals surface area (Å²) in [4.78, 5) is 0. The Hall–Kier alpha value is -1.26. The molecule has 0 unspecified atom stereocenters. The molecule has 0 spiro atoms. The molecule has 0 saturated carbocycles. The minimum Gasteiger partial charge on any atom is -0.206 e. The summed E-state index contributed by atoms with van der Waals surface area (Å²) in [6.45, 7) is 0. The van der Waals surface area contributed by atoms with Gasteiger partial charge in [0.2, 0.25) is 0 Å². The first-order valence-electron chi connectivity index (χ1n) is 5.11. The van der Waals surface area contributed by atoms with Crippen LogP contribution in [0.25, 0.3) is 11.1 Å². The summed E-state index contributed by atoms with van der Waals surface area (Å²) in [5.41, 5.74) is -0.985. The third-order valence-electron chi connectivity index (χ3n) is 2.51. The summed E-state index contributed by atoms with van der Waals surface area (Å²) in [7, 11) is 0. The second-order valence-electron chi connectivity index (χ2n) is 3.82. The summed E-state index contributed by atoms with van der Waals surface area (Å²) >= 11 is 11.6. The van der Waals surface area contributed by atoms with Gasteiger partial charge in [-0.25, -0.2) is 4.39 Å². The first-order valence-corrected chi connectivity index (χ1v) is 5.87. The monoisotopic (exact) mass is 308 g/mol. The minimum atomic E-state index is -4.54. The van der Waals surface area contributed by atoms with Crippen LogP contribution in [0.5, 0.6) is 0 Å². The lowest BCUT2D eigenvalue weighted by Crippen LogP contribution is -2.05. The van der Waals surface area contributed by atoms with Crippen molar-refractivity contribution in [3.63, 3.8) is 0 Å². The van der Waals surface area contributed by atoms with Crippen molar-refractivity contribution >= 4 is 23.2 Å². The second kappa shape index (κ2) is 5.02. The Labute approximate surface area is 116 Å². The molecule has 0 aliphatic rings. The Bertz CT molecular complexity index is 621. The molecule has 2 aromatic carbocycles. The Kier molecular flexibility index (Phi) is 3.74. The number of halogens is 6. The molecule has 0 atom stereocenters. The molecule has 0 aromatic heterocycles. The highest BCUT2D eigenvalue weighted by atomic mass is 35.5. The van der Waals surface area contributed by atoms with Crippen LogP contribution in [0.1, 0.15) is 5.56 Å². The van der Waals surface area contributed by atoms with Crippen LogP contribution >= 0.6 is 23.2 Å². The zero-order valence-electron chi connectivity index (χ0n) is 9.23. The van der Waals surface area contributed by atoms with Gasteiger partial charge in [0.25, 0.3) is 0 Å². The lowest BCUT2D eigenvalue weighted by atomic mass is 10.0. The maximum atomic E-state index is 13.7. The maximum Gasteiger partial charge on any atom is 0.416 e. The molecule has 0 fully saturated rings. The number of hydrogen-bond acceptors (Lipinski definition) is 0. The Morgan fingerprint density at radius 1 is 0.842 bits per heavy atom. The summed E-state index contributed by atoms with van der Waals surface area (Å²) < 4.78 is 51.5. The van der Waals surface area contributed by atoms with E-state index in [4.69, 9.17) is 23.2 Å². The number of hydrogen-bond donors (Lipinski definition) is 0. The first-order chi connectivity index (χ1) is 8.79. The molecule has 100 valence electrons. The van der Waals surface area contributed by atoms with E-state index < -0.39 is 17.6 Å². The van der Waals surface area contributed by atoms with Crippen LogP contribution in [-0.2, 0) is 6.18 Å². The Morgan fingerprint density at radius 3 is 2.11 bits per heavy atom. The smallest absolute Gasteiger partial charge is 0.206 e. The molecule has 0 N–H and O–H groups in total. The highest BCUT2D eigenvalue weighted by Crippen LogP contribution is 2.36. The molecule has 0 heterocycles. The molecular weight excluding hydrogens is 303 g/mol. The lowest BCUT2D eigenvalue weighted by Gasteiger charge is -2.11. The van der Waals surface area contributed by atoms with Gasteiger partial charge in [-0.05, 0) is 30.3 Å². The largest absolute Gasteiger partial charge is 0.416 e. The fourth-order valence-corrected chi connectivity index (χ4v) is 2.13. The average molecular weight is 309 g/mol. The van der Waals surface area contributed by atoms with E-state index in [2.05, 4.69) is 0 Å². The van der Waals surface area contributed by atoms with Gasteiger partial charge < -0.3 is 0 Å². The molecule has 0 bridgehead atoms. The highest BCUT2D eigenvalue weighted by Gasteiger charge is 2.31. The van der Waals surface area contributed by atoms with Crippen molar-refractivity contribution in [2.75, 3.05) is 0 Å². The number of benzene rings is 2. The van der Waals surface area contributed by atoms with Gasteiger partial charge in [-0.2, -0.15) is 13.2 Å². The van der Waals surface area contributed by atoms with E-state index >= 15 is 0 Å². The zero-order chi connectivity index (χ0) is 14.2. The van der Waals surface area contributed by atoms with Crippen LogP contribution in [0.3, 0.4) is 0 Å². The van der Waals surface area contributed by atoms with Gasteiger partial charge >= 0.3 is 6.18 Å². The van der Waals surface area contributed by atoms with Gasteiger partial charge in [0.05, 0.1) is 5.56 Å². The molecule has 0 radical (unpaired) electrons. The summed E-state index contributed by atoms with van der Waals surface area (Å²) in [6.07, 6.45) is -4.54. The standard InChI is InChI=1S/C13H6Cl2F4/c14-8-2-3-9(11(15)6-8)10-5-7(13(17,18)19)1-4-12(10)16/h1-6H. The van der Waals surface area contributed by atoms with Crippen LogP contribution in [0.2, 0.25) is 10.0 Å². The average Bonchev–Trinajstić information content (AvgIpc) is 2.29. The van der Waals surface area contributed by atoms with Crippen LogP contribution < -0.4 is 0 Å². The third-order valence-corrected chi connectivity index (χ3v) is 3.06. The molecular formula is C13H6Cl2F4. The van der Waals surface area contributed by atoms with E-state index in [9.17, 15) is 17.6 Å². The van der Waals surface area contributed by atoms with Gasteiger partial charge in [-0.1, -0.05) is 29.3 Å². The van der Waals surface area contributed by atoms with Crippen molar-refractivity contribution in [2.45, 2.75) is 6.18 Å². The van der Waals surface area contributed by atoms with Crippen LogP contribution in [0.4, 0.5) is 17.6 Å². The van der Waals surface area contributed by atoms with E-state index in [-0.39, 0.29) is 16.1 Å². The molecule has 0 amide bonds.